The molecule has 4 nitrogen and oxygen atoms in total. The van der Waals surface area contributed by atoms with E-state index in [2.05, 4.69) is 6.92 Å². The molecule has 0 atom stereocenters. The molecule has 0 aromatic carbocycles. The van der Waals surface area contributed by atoms with E-state index in [1.54, 1.807) is 7.05 Å². The topological polar surface area (TPSA) is 46.6 Å². The highest BCUT2D eigenvalue weighted by molar-refractivity contribution is 5.81. The van der Waals surface area contributed by atoms with E-state index in [0.29, 0.717) is 18.9 Å². The first-order valence-electron chi connectivity index (χ1n) is 10.4. The Bertz CT molecular complexity index is 342. The van der Waals surface area contributed by atoms with Gasteiger partial charge in [-0.25, -0.2) is 0 Å². The Hall–Kier alpha value is -1.06. The summed E-state index contributed by atoms with van der Waals surface area (Å²) >= 11 is 0. The largest absolute Gasteiger partial charge is 0.464 e. The third-order valence-corrected chi connectivity index (χ3v) is 4.36. The van der Waals surface area contributed by atoms with Gasteiger partial charge in [0.25, 0.3) is 0 Å². The van der Waals surface area contributed by atoms with E-state index >= 15 is 0 Å². The number of amides is 1. The smallest absolute Gasteiger partial charge is 0.325 e. The zero-order valence-corrected chi connectivity index (χ0v) is 17.1. The molecule has 0 unspecified atom stereocenters. The van der Waals surface area contributed by atoms with Gasteiger partial charge in [0.1, 0.15) is 6.54 Å². The van der Waals surface area contributed by atoms with Crippen molar-refractivity contribution in [2.75, 3.05) is 20.2 Å². The van der Waals surface area contributed by atoms with Crippen LogP contribution < -0.4 is 0 Å². The first-order chi connectivity index (χ1) is 12.0. The molecule has 0 saturated heterocycles. The van der Waals surface area contributed by atoms with Crippen LogP contribution in [0.1, 0.15) is 97.8 Å². The third-order valence-electron chi connectivity index (χ3n) is 4.36. The first kappa shape index (κ1) is 23.9. The molecule has 0 heterocycles. The van der Waals surface area contributed by atoms with Gasteiger partial charge in [0.05, 0.1) is 6.61 Å². The summed E-state index contributed by atoms with van der Waals surface area (Å²) in [6.45, 7) is 6.72. The van der Waals surface area contributed by atoms with Crippen LogP contribution in [0.15, 0.2) is 0 Å². The molecule has 1 amide bonds. The Morgan fingerprint density at radius 2 is 1.32 bits per heavy atom. The van der Waals surface area contributed by atoms with Crippen LogP contribution in [0.25, 0.3) is 0 Å². The minimum atomic E-state index is -0.316. The van der Waals surface area contributed by atoms with Gasteiger partial charge in [-0.2, -0.15) is 0 Å². The molecule has 0 aromatic heterocycles. The normalized spacial score (nSPS) is 10.9. The molecule has 0 aliphatic carbocycles. The van der Waals surface area contributed by atoms with Crippen molar-refractivity contribution in [3.63, 3.8) is 0 Å². The summed E-state index contributed by atoms with van der Waals surface area (Å²) in [5, 5.41) is 0. The van der Waals surface area contributed by atoms with Gasteiger partial charge < -0.3 is 9.64 Å². The highest BCUT2D eigenvalue weighted by Gasteiger charge is 2.13. The molecular weight excluding hydrogens is 314 g/mol. The van der Waals surface area contributed by atoms with Crippen molar-refractivity contribution in [1.82, 2.24) is 4.90 Å². The molecule has 0 N–H and O–H groups in total. The van der Waals surface area contributed by atoms with Crippen LogP contribution in [0, 0.1) is 5.92 Å². The Balaban J connectivity index is 3.49. The maximum atomic E-state index is 12.0. The minimum Gasteiger partial charge on any atom is -0.464 e. The molecule has 0 saturated carbocycles. The van der Waals surface area contributed by atoms with E-state index in [0.717, 1.165) is 12.8 Å². The number of ether oxygens (including phenoxy) is 1. The quantitative estimate of drug-likeness (QED) is 0.277. The van der Waals surface area contributed by atoms with Gasteiger partial charge in [-0.15, -0.1) is 0 Å². The van der Waals surface area contributed by atoms with E-state index in [-0.39, 0.29) is 18.4 Å². The summed E-state index contributed by atoms with van der Waals surface area (Å²) in [7, 11) is 1.68. The summed E-state index contributed by atoms with van der Waals surface area (Å²) in [6.07, 6.45) is 14.5. The van der Waals surface area contributed by atoms with E-state index in [1.807, 2.05) is 13.8 Å². The molecule has 0 aliphatic rings. The number of hydrogen-bond acceptors (Lipinski definition) is 3. The zero-order chi connectivity index (χ0) is 18.9. The number of esters is 1. The molecule has 0 bridgehead atoms. The minimum absolute atomic E-state index is 0.0393. The number of unbranched alkanes of at least 4 members (excludes halogenated alkanes) is 10. The van der Waals surface area contributed by atoms with Crippen LogP contribution in [0.4, 0.5) is 0 Å². The van der Waals surface area contributed by atoms with Gasteiger partial charge in [-0.1, -0.05) is 85.0 Å². The number of hydrogen-bond donors (Lipinski definition) is 0. The van der Waals surface area contributed by atoms with Gasteiger partial charge >= 0.3 is 5.97 Å². The molecule has 0 aromatic rings. The van der Waals surface area contributed by atoms with Gasteiger partial charge in [-0.3, -0.25) is 9.59 Å². The molecule has 148 valence electrons. The fourth-order valence-corrected chi connectivity index (χ4v) is 2.72. The van der Waals surface area contributed by atoms with E-state index in [1.165, 1.54) is 62.7 Å². The summed E-state index contributed by atoms with van der Waals surface area (Å²) in [5.74, 6) is 0.0437. The molecule has 0 spiro atoms. The number of nitrogens with zero attached hydrogens (tertiary/aromatic N) is 1. The lowest BCUT2D eigenvalue weighted by atomic mass is 10.1. The van der Waals surface area contributed by atoms with E-state index in [9.17, 15) is 9.59 Å². The predicted octanol–water partition coefficient (Wildman–Crippen LogP) is 5.35. The van der Waals surface area contributed by atoms with Crippen LogP contribution in [0.3, 0.4) is 0 Å². The van der Waals surface area contributed by atoms with Crippen molar-refractivity contribution in [2.45, 2.75) is 97.8 Å². The molecule has 0 rings (SSSR count). The van der Waals surface area contributed by atoms with Gasteiger partial charge in [0.15, 0.2) is 0 Å². The number of carbonyl (C=O) groups is 2. The summed E-state index contributed by atoms with van der Waals surface area (Å²) in [4.78, 5) is 25.1. The average molecular weight is 356 g/mol. The van der Waals surface area contributed by atoms with Crippen LogP contribution in [0.5, 0.6) is 0 Å². The average Bonchev–Trinajstić information content (AvgIpc) is 2.57. The Morgan fingerprint density at radius 1 is 0.840 bits per heavy atom. The van der Waals surface area contributed by atoms with Crippen molar-refractivity contribution in [3.05, 3.63) is 0 Å². The van der Waals surface area contributed by atoms with Crippen molar-refractivity contribution < 1.29 is 14.3 Å². The lowest BCUT2D eigenvalue weighted by Crippen LogP contribution is -2.33. The monoisotopic (exact) mass is 355 g/mol. The maximum Gasteiger partial charge on any atom is 0.325 e. The fourth-order valence-electron chi connectivity index (χ4n) is 2.72. The lowest BCUT2D eigenvalue weighted by Gasteiger charge is -2.16. The number of carbonyl (C=O) groups excluding carboxylic acids is 2. The predicted molar refractivity (Wildman–Crippen MR) is 105 cm³/mol. The SMILES string of the molecule is CCCCCCCCCCCCCC(=O)N(C)CC(=O)OCC(C)C. The van der Waals surface area contributed by atoms with Crippen molar-refractivity contribution in [3.8, 4) is 0 Å². The fraction of sp³-hybridized carbons (Fsp3) is 0.905. The molecular formula is C21H41NO3. The van der Waals surface area contributed by atoms with Crippen LogP contribution in [-0.2, 0) is 14.3 Å². The van der Waals surface area contributed by atoms with Gasteiger partial charge in [-0.05, 0) is 12.3 Å². The van der Waals surface area contributed by atoms with E-state index < -0.39 is 0 Å². The highest BCUT2D eigenvalue weighted by atomic mass is 16.5. The molecule has 0 radical (unpaired) electrons. The first-order valence-corrected chi connectivity index (χ1v) is 10.4. The second kappa shape index (κ2) is 16.4. The summed E-state index contributed by atoms with van der Waals surface area (Å²) < 4.78 is 5.10. The molecule has 0 fully saturated rings. The van der Waals surface area contributed by atoms with E-state index in [4.69, 9.17) is 4.74 Å². The van der Waals surface area contributed by atoms with Gasteiger partial charge in [0.2, 0.25) is 5.91 Å². The third kappa shape index (κ3) is 16.2. The second-order valence-electron chi connectivity index (χ2n) is 7.61. The Kier molecular flexibility index (Phi) is 15.7. The highest BCUT2D eigenvalue weighted by Crippen LogP contribution is 2.12. The number of rotatable bonds is 16. The van der Waals surface area contributed by atoms with Gasteiger partial charge in [0, 0.05) is 13.5 Å². The Morgan fingerprint density at radius 3 is 1.80 bits per heavy atom. The van der Waals surface area contributed by atoms with Crippen molar-refractivity contribution in [1.29, 1.82) is 0 Å². The van der Waals surface area contributed by atoms with Crippen molar-refractivity contribution >= 4 is 11.9 Å². The lowest BCUT2D eigenvalue weighted by molar-refractivity contribution is -0.149. The summed E-state index contributed by atoms with van der Waals surface area (Å²) in [5.41, 5.74) is 0. The molecule has 0 aliphatic heterocycles. The van der Waals surface area contributed by atoms with Crippen LogP contribution in [-0.4, -0.2) is 37.0 Å². The second-order valence-corrected chi connectivity index (χ2v) is 7.61. The molecule has 4 heteroatoms. The van der Waals surface area contributed by atoms with Crippen molar-refractivity contribution in [2.24, 2.45) is 5.92 Å². The van der Waals surface area contributed by atoms with Crippen LogP contribution in [0.2, 0.25) is 0 Å². The molecule has 25 heavy (non-hydrogen) atoms. The number of likely N-dealkylation sites (N-methyl/N-ethyl adjacent to an activating group) is 1. The Labute approximate surface area is 155 Å². The zero-order valence-electron chi connectivity index (χ0n) is 17.1. The van der Waals surface area contributed by atoms with Crippen LogP contribution >= 0.6 is 0 Å². The summed E-state index contributed by atoms with van der Waals surface area (Å²) in [6, 6.07) is 0. The standard InChI is InChI=1S/C21H41NO3/c1-5-6-7-8-9-10-11-12-13-14-15-16-20(23)22(4)17-21(24)25-18-19(2)3/h19H,5-18H2,1-4H3. The maximum absolute atomic E-state index is 12.0.